The predicted octanol–water partition coefficient (Wildman–Crippen LogP) is 1.52. The second-order valence-corrected chi connectivity index (χ2v) is 7.26. The molecule has 3 aliphatic rings. The second kappa shape index (κ2) is 4.96. The molecule has 1 unspecified atom stereocenters. The highest BCUT2D eigenvalue weighted by atomic mass is 35.5. The van der Waals surface area contributed by atoms with Gasteiger partial charge in [0, 0.05) is 11.8 Å². The van der Waals surface area contributed by atoms with Gasteiger partial charge in [0.1, 0.15) is 5.60 Å². The van der Waals surface area contributed by atoms with Gasteiger partial charge in [-0.3, -0.25) is 4.79 Å². The maximum absolute atomic E-state index is 12.4. The van der Waals surface area contributed by atoms with Crippen molar-refractivity contribution in [2.75, 3.05) is 5.88 Å². The Balaban J connectivity index is 2.03. The van der Waals surface area contributed by atoms with Crippen LogP contribution in [0.5, 0.6) is 0 Å². The van der Waals surface area contributed by atoms with E-state index in [1.165, 1.54) is 0 Å². The van der Waals surface area contributed by atoms with E-state index in [1.54, 1.807) is 13.8 Å². The van der Waals surface area contributed by atoms with Gasteiger partial charge in [-0.05, 0) is 39.5 Å². The van der Waals surface area contributed by atoms with Gasteiger partial charge in [0.05, 0.1) is 5.92 Å². The zero-order chi connectivity index (χ0) is 16.2. The molecule has 0 aromatic carbocycles. The molecule has 122 valence electrons. The average Bonchev–Trinajstić information content (AvgIpc) is 2.66. The molecule has 2 N–H and O–H groups in total. The first-order chi connectivity index (χ1) is 10.3. The zero-order valence-electron chi connectivity index (χ0n) is 12.9. The van der Waals surface area contributed by atoms with Crippen LogP contribution in [0.2, 0.25) is 0 Å². The van der Waals surface area contributed by atoms with Crippen LogP contribution >= 0.6 is 11.6 Å². The van der Waals surface area contributed by atoms with Crippen LogP contribution in [0.1, 0.15) is 39.5 Å². The van der Waals surface area contributed by atoms with Gasteiger partial charge in [0.15, 0.2) is 5.60 Å². The van der Waals surface area contributed by atoms with E-state index in [1.807, 2.05) is 12.2 Å². The molecule has 0 aromatic heterocycles. The molecule has 0 saturated carbocycles. The molecule has 5 nitrogen and oxygen atoms in total. The highest BCUT2D eigenvalue weighted by molar-refractivity contribution is 6.18. The van der Waals surface area contributed by atoms with Gasteiger partial charge in [-0.25, -0.2) is 4.79 Å². The lowest BCUT2D eigenvalue weighted by Gasteiger charge is -2.59. The molecule has 1 aliphatic carbocycles. The van der Waals surface area contributed by atoms with E-state index in [0.29, 0.717) is 12.3 Å². The number of amides is 1. The van der Waals surface area contributed by atoms with Crippen LogP contribution in [0.3, 0.4) is 0 Å². The molecule has 22 heavy (non-hydrogen) atoms. The van der Waals surface area contributed by atoms with Crippen molar-refractivity contribution in [3.63, 3.8) is 0 Å². The second-order valence-electron chi connectivity index (χ2n) is 6.88. The van der Waals surface area contributed by atoms with Crippen molar-refractivity contribution in [1.29, 1.82) is 0 Å². The Hall–Kier alpha value is -1.07. The molecular weight excluding hydrogens is 306 g/mol. The largest absolute Gasteiger partial charge is 0.453 e. The van der Waals surface area contributed by atoms with Crippen LogP contribution in [-0.4, -0.2) is 39.6 Å². The van der Waals surface area contributed by atoms with Crippen molar-refractivity contribution in [3.8, 4) is 0 Å². The van der Waals surface area contributed by atoms with Crippen LogP contribution in [0, 0.1) is 11.8 Å². The van der Waals surface area contributed by atoms with Crippen molar-refractivity contribution in [3.05, 3.63) is 12.2 Å². The van der Waals surface area contributed by atoms with Crippen LogP contribution in [0.15, 0.2) is 12.2 Å². The number of esters is 1. The maximum atomic E-state index is 12.4. The monoisotopic (exact) mass is 327 g/mol. The third kappa shape index (κ3) is 1.69. The smallest absolute Gasteiger partial charge is 0.339 e. The summed E-state index contributed by atoms with van der Waals surface area (Å²) in [6.45, 7) is 3.36. The van der Waals surface area contributed by atoms with Gasteiger partial charge < -0.3 is 15.2 Å². The van der Waals surface area contributed by atoms with Gasteiger partial charge in [-0.2, -0.15) is 0 Å². The lowest BCUT2D eigenvalue weighted by molar-refractivity contribution is -0.256. The van der Waals surface area contributed by atoms with Crippen molar-refractivity contribution in [1.82, 2.24) is 5.32 Å². The minimum absolute atomic E-state index is 0.191. The van der Waals surface area contributed by atoms with E-state index in [4.69, 9.17) is 16.3 Å². The number of rotatable bonds is 4. The molecule has 1 amide bonds. The summed E-state index contributed by atoms with van der Waals surface area (Å²) in [6, 6.07) is 0. The minimum Gasteiger partial charge on any atom is -0.453 e. The van der Waals surface area contributed by atoms with Gasteiger partial charge >= 0.3 is 5.97 Å². The molecular formula is C16H22ClNO4. The van der Waals surface area contributed by atoms with Gasteiger partial charge in [-0.15, -0.1) is 11.6 Å². The fraction of sp³-hybridized carbons (Fsp3) is 0.750. The van der Waals surface area contributed by atoms with Gasteiger partial charge in [0.25, 0.3) is 0 Å². The molecule has 0 radical (unpaired) electrons. The van der Waals surface area contributed by atoms with E-state index in [2.05, 4.69) is 5.32 Å². The fourth-order valence-electron chi connectivity index (χ4n) is 4.44. The Morgan fingerprint density at radius 2 is 2.27 bits per heavy atom. The SMILES string of the molecule is C[C@](O)(C1C=CCCC1)[C@@]12NC(=O)[C@H](CCCl)[C@]1(C)OC2=O. The normalized spacial score (nSPS) is 42.9. The Bertz CT molecular complexity index is 546. The van der Waals surface area contributed by atoms with Crippen molar-refractivity contribution in [2.24, 2.45) is 11.8 Å². The first-order valence-electron chi connectivity index (χ1n) is 7.81. The number of carbonyl (C=O) groups is 2. The number of fused-ring (bicyclic) bond motifs is 1. The number of alkyl halides is 1. The lowest BCUT2D eigenvalue weighted by Crippen LogP contribution is -2.84. The number of aliphatic hydroxyl groups is 1. The molecule has 5 atom stereocenters. The topological polar surface area (TPSA) is 75.6 Å². The molecule has 2 saturated heterocycles. The number of ether oxygens (including phenoxy) is 1. The summed E-state index contributed by atoms with van der Waals surface area (Å²) in [7, 11) is 0. The van der Waals surface area contributed by atoms with Crippen LogP contribution in [0.25, 0.3) is 0 Å². The summed E-state index contributed by atoms with van der Waals surface area (Å²) >= 11 is 5.80. The third-order valence-corrected chi connectivity index (χ3v) is 6.00. The van der Waals surface area contributed by atoms with Crippen LogP contribution in [-0.2, 0) is 14.3 Å². The predicted molar refractivity (Wildman–Crippen MR) is 81.3 cm³/mol. The maximum Gasteiger partial charge on any atom is 0.339 e. The summed E-state index contributed by atoms with van der Waals surface area (Å²) in [5, 5.41) is 14.0. The van der Waals surface area contributed by atoms with E-state index >= 15 is 0 Å². The minimum atomic E-state index is -1.40. The molecule has 3 rings (SSSR count). The summed E-state index contributed by atoms with van der Waals surface area (Å²) in [4.78, 5) is 24.7. The van der Waals surface area contributed by atoms with E-state index in [0.717, 1.165) is 19.3 Å². The van der Waals surface area contributed by atoms with Crippen molar-refractivity contribution in [2.45, 2.75) is 56.3 Å². The molecule has 0 spiro atoms. The lowest BCUT2D eigenvalue weighted by atomic mass is 9.58. The highest BCUT2D eigenvalue weighted by Crippen LogP contribution is 2.57. The number of hydrogen-bond donors (Lipinski definition) is 2. The Morgan fingerprint density at radius 1 is 1.55 bits per heavy atom. The molecule has 0 aromatic rings. The number of nitrogens with one attached hydrogen (secondary N) is 1. The van der Waals surface area contributed by atoms with E-state index in [-0.39, 0.29) is 11.8 Å². The van der Waals surface area contributed by atoms with Crippen LogP contribution in [0.4, 0.5) is 0 Å². The number of hydrogen-bond acceptors (Lipinski definition) is 4. The summed E-state index contributed by atoms with van der Waals surface area (Å²) < 4.78 is 5.40. The molecule has 2 fully saturated rings. The van der Waals surface area contributed by atoms with Gasteiger partial charge in [0.2, 0.25) is 11.4 Å². The molecule has 6 heteroatoms. The zero-order valence-corrected chi connectivity index (χ0v) is 13.7. The number of carbonyl (C=O) groups excluding carboxylic acids is 2. The Morgan fingerprint density at radius 3 is 2.82 bits per heavy atom. The summed E-state index contributed by atoms with van der Waals surface area (Å²) in [6.07, 6.45) is 7.10. The Labute approximate surface area is 135 Å². The standard InChI is InChI=1S/C16H22ClNO4/c1-14(21,10-6-4-3-5-7-10)16-13(20)22-15(16,2)11(8-9-17)12(19)18-16/h4,6,10-11,21H,3,5,7-9H2,1-2H3,(H,18,19)/t10?,11-,14-,15-,16+/m0/s1. The van der Waals surface area contributed by atoms with Crippen molar-refractivity contribution < 1.29 is 19.4 Å². The first-order valence-corrected chi connectivity index (χ1v) is 8.35. The average molecular weight is 328 g/mol. The first kappa shape index (κ1) is 15.8. The Kier molecular flexibility index (Phi) is 3.57. The highest BCUT2D eigenvalue weighted by Gasteiger charge is 2.82. The summed E-state index contributed by atoms with van der Waals surface area (Å²) in [5.74, 6) is -1.24. The number of halogens is 1. The molecule has 0 bridgehead atoms. The molecule has 2 aliphatic heterocycles. The van der Waals surface area contributed by atoms with Crippen molar-refractivity contribution >= 4 is 23.5 Å². The van der Waals surface area contributed by atoms with Crippen LogP contribution < -0.4 is 5.32 Å². The fourth-order valence-corrected chi connectivity index (χ4v) is 4.66. The van der Waals surface area contributed by atoms with E-state index < -0.39 is 28.6 Å². The van der Waals surface area contributed by atoms with Gasteiger partial charge in [-0.1, -0.05) is 12.2 Å². The quantitative estimate of drug-likeness (QED) is 0.466. The molecule has 2 heterocycles. The van der Waals surface area contributed by atoms with E-state index in [9.17, 15) is 14.7 Å². The number of allylic oxidation sites excluding steroid dienone is 1. The summed E-state index contributed by atoms with van der Waals surface area (Å²) in [5.41, 5.74) is -3.84. The third-order valence-electron chi connectivity index (χ3n) is 5.78.